The zero-order chi connectivity index (χ0) is 17.1. The first-order valence-electron chi connectivity index (χ1n) is 7.51. The lowest BCUT2D eigenvalue weighted by Gasteiger charge is -2.11. The van der Waals surface area contributed by atoms with Crippen molar-refractivity contribution >= 4 is 33.1 Å². The maximum atomic E-state index is 12.4. The van der Waals surface area contributed by atoms with Gasteiger partial charge in [0.15, 0.2) is 0 Å². The van der Waals surface area contributed by atoms with E-state index >= 15 is 0 Å². The van der Waals surface area contributed by atoms with E-state index in [1.165, 1.54) is 16.2 Å². The molecule has 0 saturated carbocycles. The minimum absolute atomic E-state index is 0.400. The van der Waals surface area contributed by atoms with Crippen LogP contribution in [0.1, 0.15) is 15.9 Å². The van der Waals surface area contributed by atoms with Crippen molar-refractivity contribution in [1.82, 2.24) is 4.90 Å². The minimum atomic E-state index is -0.535. The van der Waals surface area contributed by atoms with E-state index in [2.05, 4.69) is 0 Å². The summed E-state index contributed by atoms with van der Waals surface area (Å²) in [6.45, 7) is 0.408. The monoisotopic (exact) mass is 339 g/mol. The summed E-state index contributed by atoms with van der Waals surface area (Å²) in [7, 11) is 3.14. The van der Waals surface area contributed by atoms with Crippen molar-refractivity contribution in [3.8, 4) is 5.75 Å². The highest BCUT2D eigenvalue weighted by molar-refractivity contribution is 7.17. The van der Waals surface area contributed by atoms with Crippen molar-refractivity contribution < 1.29 is 14.3 Å². The molecular weight excluding hydrogens is 322 g/mol. The molecule has 0 aliphatic carbocycles. The molecule has 2 aromatic carbocycles. The normalized spacial score (nSPS) is 10.6. The number of ether oxygens (including phenoxy) is 1. The number of amides is 1. The highest BCUT2D eigenvalue weighted by Crippen LogP contribution is 2.34. The van der Waals surface area contributed by atoms with E-state index in [1.54, 1.807) is 19.5 Å². The van der Waals surface area contributed by atoms with E-state index < -0.39 is 11.7 Å². The first-order chi connectivity index (χ1) is 11.6. The van der Waals surface area contributed by atoms with E-state index in [9.17, 15) is 9.59 Å². The fourth-order valence-corrected chi connectivity index (χ4v) is 3.35. The Bertz CT molecular complexity index is 884. The lowest BCUT2D eigenvalue weighted by atomic mass is 10.1. The van der Waals surface area contributed by atoms with Crippen LogP contribution >= 0.6 is 11.3 Å². The molecule has 1 heterocycles. The number of carbonyl (C=O) groups is 2. The molecule has 3 aromatic rings. The molecule has 0 radical (unpaired) electrons. The third kappa shape index (κ3) is 3.16. The van der Waals surface area contributed by atoms with E-state index in [-0.39, 0.29) is 0 Å². The zero-order valence-electron chi connectivity index (χ0n) is 13.5. The summed E-state index contributed by atoms with van der Waals surface area (Å²) in [4.78, 5) is 25.8. The maximum absolute atomic E-state index is 12.4. The van der Waals surface area contributed by atoms with Crippen molar-refractivity contribution in [3.05, 3.63) is 65.0 Å². The molecule has 24 heavy (non-hydrogen) atoms. The topological polar surface area (TPSA) is 46.6 Å². The summed E-state index contributed by atoms with van der Waals surface area (Å²) in [5.74, 6) is -0.429. The predicted molar refractivity (Wildman–Crippen MR) is 95.6 cm³/mol. The lowest BCUT2D eigenvalue weighted by Crippen LogP contribution is -2.29. The minimum Gasteiger partial charge on any atom is -0.488 e. The highest BCUT2D eigenvalue weighted by atomic mass is 32.1. The second-order valence-electron chi connectivity index (χ2n) is 5.58. The summed E-state index contributed by atoms with van der Waals surface area (Å²) >= 11 is 1.44. The molecule has 0 saturated heterocycles. The van der Waals surface area contributed by atoms with Crippen molar-refractivity contribution in [1.29, 1.82) is 0 Å². The number of hydrogen-bond acceptors (Lipinski definition) is 4. The van der Waals surface area contributed by atoms with Gasteiger partial charge in [-0.3, -0.25) is 9.59 Å². The van der Waals surface area contributed by atoms with Crippen LogP contribution in [0.4, 0.5) is 0 Å². The quantitative estimate of drug-likeness (QED) is 0.525. The number of rotatable bonds is 5. The van der Waals surface area contributed by atoms with Gasteiger partial charge in [-0.1, -0.05) is 36.4 Å². The number of ketones is 1. The summed E-state index contributed by atoms with van der Waals surface area (Å²) in [5, 5.41) is 2.43. The lowest BCUT2D eigenvalue weighted by molar-refractivity contribution is -0.124. The molecule has 0 N–H and O–H groups in total. The average Bonchev–Trinajstić information content (AvgIpc) is 3.04. The number of likely N-dealkylation sites (N-methyl/N-ethyl adjacent to an activating group) is 1. The summed E-state index contributed by atoms with van der Waals surface area (Å²) in [6.07, 6.45) is 0. The molecule has 0 spiro atoms. The van der Waals surface area contributed by atoms with Crippen LogP contribution in [-0.4, -0.2) is 30.7 Å². The van der Waals surface area contributed by atoms with Gasteiger partial charge in [-0.15, -0.1) is 11.3 Å². The van der Waals surface area contributed by atoms with Crippen LogP contribution in [0.5, 0.6) is 5.75 Å². The molecule has 122 valence electrons. The molecular formula is C19H17NO3S. The second-order valence-corrected chi connectivity index (χ2v) is 6.49. The number of nitrogens with zero attached hydrogens (tertiary/aromatic N) is 1. The number of Topliss-reactive ketones (excluding diaryl/α,β-unsaturated/α-hetero) is 1. The second kappa shape index (κ2) is 6.84. The SMILES string of the molecule is CN(C)C(=O)C(=O)c1csc2cccc(OCc3ccccc3)c12. The van der Waals surface area contributed by atoms with E-state index in [4.69, 9.17) is 4.74 Å². The van der Waals surface area contributed by atoms with Crippen molar-refractivity contribution in [2.75, 3.05) is 14.1 Å². The van der Waals surface area contributed by atoms with Crippen molar-refractivity contribution in [2.24, 2.45) is 0 Å². The van der Waals surface area contributed by atoms with Crippen LogP contribution in [-0.2, 0) is 11.4 Å². The molecule has 5 heteroatoms. The standard InChI is InChI=1S/C19H17NO3S/c1-20(2)19(22)18(21)14-12-24-16-10-6-9-15(17(14)16)23-11-13-7-4-3-5-8-13/h3-10,12H,11H2,1-2H3. The van der Waals surface area contributed by atoms with E-state index in [1.807, 2.05) is 48.5 Å². The largest absolute Gasteiger partial charge is 0.488 e. The van der Waals surface area contributed by atoms with Crippen LogP contribution < -0.4 is 4.74 Å². The summed E-state index contributed by atoms with van der Waals surface area (Å²) < 4.78 is 6.85. The number of thiophene rings is 1. The number of carbonyl (C=O) groups excluding carboxylic acids is 2. The Hall–Kier alpha value is -2.66. The van der Waals surface area contributed by atoms with Crippen LogP contribution in [0.15, 0.2) is 53.9 Å². The summed E-state index contributed by atoms with van der Waals surface area (Å²) in [6, 6.07) is 15.5. The van der Waals surface area contributed by atoms with Crippen LogP contribution in [0.2, 0.25) is 0 Å². The van der Waals surface area contributed by atoms with E-state index in [0.717, 1.165) is 10.3 Å². The molecule has 1 amide bonds. The van der Waals surface area contributed by atoms with E-state index in [0.29, 0.717) is 23.3 Å². The molecule has 0 atom stereocenters. The molecule has 0 aliphatic rings. The average molecular weight is 339 g/mol. The Morgan fingerprint density at radius 3 is 2.50 bits per heavy atom. The third-order valence-corrected chi connectivity index (χ3v) is 4.59. The first-order valence-corrected chi connectivity index (χ1v) is 8.39. The Morgan fingerprint density at radius 2 is 1.79 bits per heavy atom. The number of hydrogen-bond donors (Lipinski definition) is 0. The van der Waals surface area contributed by atoms with Gasteiger partial charge in [-0.05, 0) is 17.7 Å². The molecule has 0 unspecified atom stereocenters. The smallest absolute Gasteiger partial charge is 0.294 e. The van der Waals surface area contributed by atoms with Gasteiger partial charge >= 0.3 is 0 Å². The third-order valence-electron chi connectivity index (χ3n) is 3.64. The van der Waals surface area contributed by atoms with Gasteiger partial charge < -0.3 is 9.64 Å². The van der Waals surface area contributed by atoms with Gasteiger partial charge in [0.05, 0.1) is 5.56 Å². The predicted octanol–water partition coefficient (Wildman–Crippen LogP) is 3.75. The summed E-state index contributed by atoms with van der Waals surface area (Å²) in [5.41, 5.74) is 1.44. The number of benzene rings is 2. The van der Waals surface area contributed by atoms with Crippen LogP contribution in [0.3, 0.4) is 0 Å². The first kappa shape index (κ1) is 16.2. The molecule has 0 bridgehead atoms. The maximum Gasteiger partial charge on any atom is 0.294 e. The Kier molecular flexibility index (Phi) is 4.62. The van der Waals surface area contributed by atoms with Crippen LogP contribution in [0, 0.1) is 0 Å². The van der Waals surface area contributed by atoms with Gasteiger partial charge in [0.2, 0.25) is 0 Å². The molecule has 3 rings (SSSR count). The number of fused-ring (bicyclic) bond motifs is 1. The zero-order valence-corrected chi connectivity index (χ0v) is 14.3. The molecule has 0 aliphatic heterocycles. The molecule has 0 fully saturated rings. The van der Waals surface area contributed by atoms with Gasteiger partial charge in [-0.25, -0.2) is 0 Å². The fraction of sp³-hybridized carbons (Fsp3) is 0.158. The van der Waals surface area contributed by atoms with Crippen LogP contribution in [0.25, 0.3) is 10.1 Å². The van der Waals surface area contributed by atoms with Gasteiger partial charge in [-0.2, -0.15) is 0 Å². The van der Waals surface area contributed by atoms with Crippen molar-refractivity contribution in [3.63, 3.8) is 0 Å². The highest BCUT2D eigenvalue weighted by Gasteiger charge is 2.23. The van der Waals surface area contributed by atoms with Crippen molar-refractivity contribution in [2.45, 2.75) is 6.61 Å². The molecule has 1 aromatic heterocycles. The van der Waals surface area contributed by atoms with Gasteiger partial charge in [0.25, 0.3) is 11.7 Å². The fourth-order valence-electron chi connectivity index (χ4n) is 2.40. The van der Waals surface area contributed by atoms with Gasteiger partial charge in [0.1, 0.15) is 12.4 Å². The Morgan fingerprint density at radius 1 is 1.04 bits per heavy atom. The Balaban J connectivity index is 1.95. The Labute approximate surface area is 144 Å². The van der Waals surface area contributed by atoms with Gasteiger partial charge in [0, 0.05) is 29.6 Å². The molecule has 4 nitrogen and oxygen atoms in total.